The second-order valence-corrected chi connectivity index (χ2v) is 7.35. The van der Waals surface area contributed by atoms with Crippen LogP contribution in [0.3, 0.4) is 0 Å². The predicted molar refractivity (Wildman–Crippen MR) is 71.9 cm³/mol. The van der Waals surface area contributed by atoms with Crippen molar-refractivity contribution in [1.29, 1.82) is 0 Å². The van der Waals surface area contributed by atoms with Crippen LogP contribution in [0.2, 0.25) is 0 Å². The maximum Gasteiger partial charge on any atom is 0.282 e. The first-order valence-corrected chi connectivity index (χ1v) is 8.37. The average molecular weight is 292 g/mol. The van der Waals surface area contributed by atoms with Crippen LogP contribution in [0.4, 0.5) is 0 Å². The molecular formula is C12H24N2O4S. The van der Waals surface area contributed by atoms with E-state index in [4.69, 9.17) is 4.74 Å². The van der Waals surface area contributed by atoms with Gasteiger partial charge in [-0.15, -0.1) is 0 Å². The lowest BCUT2D eigenvalue weighted by Gasteiger charge is -2.42. The van der Waals surface area contributed by atoms with Gasteiger partial charge in [-0.25, -0.2) is 0 Å². The van der Waals surface area contributed by atoms with Gasteiger partial charge in [-0.05, 0) is 26.7 Å². The number of ether oxygens (including phenoxy) is 1. The van der Waals surface area contributed by atoms with Crippen LogP contribution in [-0.2, 0) is 14.9 Å². The molecule has 0 aromatic heterocycles. The topological polar surface area (TPSA) is 70.1 Å². The van der Waals surface area contributed by atoms with Gasteiger partial charge in [0.05, 0.1) is 19.3 Å². The summed E-state index contributed by atoms with van der Waals surface area (Å²) < 4.78 is 34.0. The maximum absolute atomic E-state index is 12.8. The summed E-state index contributed by atoms with van der Waals surface area (Å²) in [4.78, 5) is 0. The number of aliphatic hydroxyl groups excluding tert-OH is 1. The fraction of sp³-hybridized carbons (Fsp3) is 1.00. The standard InChI is InChI=1S/C12H24N2O4S/c1-10-9-18-11(2)7-14(10)19(16,17)13-6-4-3-5-12(13)8-15/h10-12,15H,3-9H2,1-2H3. The second kappa shape index (κ2) is 6.05. The first-order valence-electron chi connectivity index (χ1n) is 6.98. The van der Waals surface area contributed by atoms with Gasteiger partial charge in [0.25, 0.3) is 10.2 Å². The van der Waals surface area contributed by atoms with Gasteiger partial charge >= 0.3 is 0 Å². The highest BCUT2D eigenvalue weighted by molar-refractivity contribution is 7.86. The molecular weight excluding hydrogens is 268 g/mol. The van der Waals surface area contributed by atoms with Crippen LogP contribution >= 0.6 is 0 Å². The van der Waals surface area contributed by atoms with Crippen molar-refractivity contribution in [3.63, 3.8) is 0 Å². The molecule has 0 bridgehead atoms. The molecule has 19 heavy (non-hydrogen) atoms. The zero-order chi connectivity index (χ0) is 14.0. The van der Waals surface area contributed by atoms with Crippen LogP contribution in [0.1, 0.15) is 33.1 Å². The number of aliphatic hydroxyl groups is 1. The summed E-state index contributed by atoms with van der Waals surface area (Å²) in [5.74, 6) is 0. The number of hydrogen-bond donors (Lipinski definition) is 1. The summed E-state index contributed by atoms with van der Waals surface area (Å²) in [6, 6.07) is -0.424. The van der Waals surface area contributed by atoms with E-state index in [1.54, 1.807) is 0 Å². The molecule has 3 atom stereocenters. The highest BCUT2D eigenvalue weighted by Gasteiger charge is 2.40. The minimum absolute atomic E-state index is 0.0802. The number of hydrogen-bond acceptors (Lipinski definition) is 4. The van der Waals surface area contributed by atoms with Crippen molar-refractivity contribution in [3.8, 4) is 0 Å². The van der Waals surface area contributed by atoms with E-state index >= 15 is 0 Å². The summed E-state index contributed by atoms with van der Waals surface area (Å²) in [7, 11) is -3.50. The Labute approximate surface area is 115 Å². The van der Waals surface area contributed by atoms with Crippen molar-refractivity contribution in [2.45, 2.75) is 51.3 Å². The molecule has 2 heterocycles. The van der Waals surface area contributed by atoms with Gasteiger partial charge in [-0.1, -0.05) is 6.42 Å². The SMILES string of the molecule is CC1CN(S(=O)(=O)N2CCCCC2CO)C(C)CO1. The van der Waals surface area contributed by atoms with Crippen molar-refractivity contribution >= 4 is 10.2 Å². The Morgan fingerprint density at radius 2 is 2.00 bits per heavy atom. The van der Waals surface area contributed by atoms with Crippen LogP contribution in [0.25, 0.3) is 0 Å². The van der Waals surface area contributed by atoms with Crippen LogP contribution in [0.5, 0.6) is 0 Å². The Balaban J connectivity index is 2.19. The Kier molecular flexibility index (Phi) is 4.84. The van der Waals surface area contributed by atoms with Gasteiger partial charge in [-0.2, -0.15) is 17.0 Å². The van der Waals surface area contributed by atoms with E-state index in [2.05, 4.69) is 0 Å². The molecule has 3 unspecified atom stereocenters. The van der Waals surface area contributed by atoms with Gasteiger partial charge in [-0.3, -0.25) is 0 Å². The van der Waals surface area contributed by atoms with Crippen LogP contribution in [-0.4, -0.2) is 66.6 Å². The maximum atomic E-state index is 12.8. The molecule has 0 aliphatic carbocycles. The summed E-state index contributed by atoms with van der Waals surface area (Å²) >= 11 is 0. The first kappa shape index (κ1) is 15.2. The molecule has 2 saturated heterocycles. The number of rotatable bonds is 3. The van der Waals surface area contributed by atoms with E-state index in [1.807, 2.05) is 13.8 Å². The van der Waals surface area contributed by atoms with E-state index in [-0.39, 0.29) is 24.8 Å². The molecule has 0 spiro atoms. The number of morpholine rings is 1. The van der Waals surface area contributed by atoms with Crippen LogP contribution in [0.15, 0.2) is 0 Å². The molecule has 1 N–H and O–H groups in total. The fourth-order valence-electron chi connectivity index (χ4n) is 2.79. The smallest absolute Gasteiger partial charge is 0.282 e. The zero-order valence-electron chi connectivity index (χ0n) is 11.7. The van der Waals surface area contributed by atoms with Gasteiger partial charge < -0.3 is 9.84 Å². The van der Waals surface area contributed by atoms with Gasteiger partial charge in [0.2, 0.25) is 0 Å². The van der Waals surface area contributed by atoms with Gasteiger partial charge in [0.1, 0.15) is 0 Å². The molecule has 2 fully saturated rings. The summed E-state index contributed by atoms with van der Waals surface area (Å²) in [6.07, 6.45) is 2.50. The predicted octanol–water partition coefficient (Wildman–Crippen LogP) is 0.187. The van der Waals surface area contributed by atoms with E-state index in [9.17, 15) is 13.5 Å². The Morgan fingerprint density at radius 3 is 2.68 bits per heavy atom. The molecule has 0 aromatic carbocycles. The summed E-state index contributed by atoms with van der Waals surface area (Å²) in [5, 5.41) is 9.39. The Morgan fingerprint density at radius 1 is 1.26 bits per heavy atom. The zero-order valence-corrected chi connectivity index (χ0v) is 12.5. The Bertz CT molecular complexity index is 393. The van der Waals surface area contributed by atoms with Crippen molar-refractivity contribution in [3.05, 3.63) is 0 Å². The van der Waals surface area contributed by atoms with Gasteiger partial charge in [0.15, 0.2) is 0 Å². The first-order chi connectivity index (χ1) is 8.96. The molecule has 2 aliphatic heterocycles. The summed E-state index contributed by atoms with van der Waals surface area (Å²) in [6.45, 7) is 4.96. The lowest BCUT2D eigenvalue weighted by atomic mass is 10.1. The molecule has 2 rings (SSSR count). The molecule has 0 radical (unpaired) electrons. The minimum atomic E-state index is -3.50. The molecule has 6 nitrogen and oxygen atoms in total. The molecule has 2 aliphatic rings. The van der Waals surface area contributed by atoms with E-state index < -0.39 is 10.2 Å². The molecule has 0 amide bonds. The monoisotopic (exact) mass is 292 g/mol. The van der Waals surface area contributed by atoms with Crippen molar-refractivity contribution in [1.82, 2.24) is 8.61 Å². The second-order valence-electron chi connectivity index (χ2n) is 5.51. The summed E-state index contributed by atoms with van der Waals surface area (Å²) in [5.41, 5.74) is 0. The third kappa shape index (κ3) is 3.11. The average Bonchev–Trinajstić information content (AvgIpc) is 2.41. The highest BCUT2D eigenvalue weighted by Crippen LogP contribution is 2.25. The normalized spacial score (nSPS) is 35.4. The minimum Gasteiger partial charge on any atom is -0.395 e. The number of piperidine rings is 1. The van der Waals surface area contributed by atoms with Crippen LogP contribution < -0.4 is 0 Å². The molecule has 112 valence electrons. The third-order valence-electron chi connectivity index (χ3n) is 3.93. The van der Waals surface area contributed by atoms with E-state index in [0.29, 0.717) is 19.7 Å². The lowest BCUT2D eigenvalue weighted by Crippen LogP contribution is -2.58. The van der Waals surface area contributed by atoms with E-state index in [1.165, 1.54) is 8.61 Å². The van der Waals surface area contributed by atoms with Crippen molar-refractivity contribution in [2.75, 3.05) is 26.3 Å². The molecule has 0 aromatic rings. The largest absolute Gasteiger partial charge is 0.395 e. The lowest BCUT2D eigenvalue weighted by molar-refractivity contribution is -0.0203. The molecule has 0 saturated carbocycles. The third-order valence-corrected chi connectivity index (χ3v) is 6.10. The van der Waals surface area contributed by atoms with Crippen molar-refractivity contribution < 1.29 is 18.3 Å². The van der Waals surface area contributed by atoms with Gasteiger partial charge in [0, 0.05) is 25.2 Å². The number of nitrogens with zero attached hydrogens (tertiary/aromatic N) is 2. The molecule has 7 heteroatoms. The van der Waals surface area contributed by atoms with Crippen molar-refractivity contribution in [2.24, 2.45) is 0 Å². The fourth-order valence-corrected chi connectivity index (χ4v) is 4.88. The highest BCUT2D eigenvalue weighted by atomic mass is 32.2. The quantitative estimate of drug-likeness (QED) is 0.806. The van der Waals surface area contributed by atoms with Crippen LogP contribution in [0, 0.1) is 0 Å². The Hall–Kier alpha value is -0.210. The van der Waals surface area contributed by atoms with E-state index in [0.717, 1.165) is 19.3 Å².